The van der Waals surface area contributed by atoms with Gasteiger partial charge in [-0.25, -0.2) is 0 Å². The largest absolute Gasteiger partial charge is 0.466 e. The van der Waals surface area contributed by atoms with Crippen LogP contribution in [0.15, 0.2) is 36.7 Å². The van der Waals surface area contributed by atoms with E-state index in [-0.39, 0.29) is 13.0 Å². The average molecular weight is 329 g/mol. The van der Waals surface area contributed by atoms with E-state index in [0.717, 1.165) is 16.3 Å². The lowest BCUT2D eigenvalue weighted by Crippen LogP contribution is -2.27. The highest BCUT2D eigenvalue weighted by Crippen LogP contribution is 2.29. The first-order valence-corrected chi connectivity index (χ1v) is 8.03. The van der Waals surface area contributed by atoms with E-state index in [1.54, 1.807) is 40.1 Å². The first-order valence-electron chi connectivity index (χ1n) is 8.03. The van der Waals surface area contributed by atoms with Crippen molar-refractivity contribution in [3.63, 3.8) is 0 Å². The van der Waals surface area contributed by atoms with Gasteiger partial charge in [0.2, 0.25) is 0 Å². The minimum atomic E-state index is -0.703. The summed E-state index contributed by atoms with van der Waals surface area (Å²) in [6.07, 6.45) is 3.34. The third-order valence-corrected chi connectivity index (χ3v) is 3.45. The molecule has 0 bridgehead atoms. The molecule has 0 radical (unpaired) electrons. The van der Waals surface area contributed by atoms with Gasteiger partial charge in [0.05, 0.1) is 18.9 Å². The molecule has 0 N–H and O–H groups in total. The first kappa shape index (κ1) is 17.9. The smallest absolute Gasteiger partial charge is 0.314 e. The van der Waals surface area contributed by atoms with Crippen LogP contribution in [0, 0.1) is 0 Å². The molecule has 1 aromatic carbocycles. The summed E-state index contributed by atoms with van der Waals surface area (Å²) in [5.74, 6) is -1.55. The molecule has 0 amide bonds. The van der Waals surface area contributed by atoms with Gasteiger partial charge in [-0.2, -0.15) is 0 Å². The normalized spacial score (nSPS) is 12.7. The fourth-order valence-electron chi connectivity index (χ4n) is 2.56. The molecule has 1 aromatic heterocycles. The Kier molecular flexibility index (Phi) is 5.54. The molecule has 0 saturated heterocycles. The van der Waals surface area contributed by atoms with Gasteiger partial charge in [-0.3, -0.25) is 14.6 Å². The number of carbonyl (C=O) groups excluding carboxylic acids is 2. The zero-order chi connectivity index (χ0) is 17.7. The van der Waals surface area contributed by atoms with Crippen molar-refractivity contribution in [1.29, 1.82) is 0 Å². The number of hydrogen-bond acceptors (Lipinski definition) is 5. The van der Waals surface area contributed by atoms with Crippen molar-refractivity contribution < 1.29 is 19.1 Å². The van der Waals surface area contributed by atoms with Crippen LogP contribution in [0.25, 0.3) is 10.8 Å². The maximum Gasteiger partial charge on any atom is 0.314 e. The molecule has 5 nitrogen and oxygen atoms in total. The summed E-state index contributed by atoms with van der Waals surface area (Å²) < 4.78 is 10.5. The van der Waals surface area contributed by atoms with Gasteiger partial charge in [0.1, 0.15) is 5.60 Å². The molecule has 5 heteroatoms. The molecule has 0 aliphatic heterocycles. The van der Waals surface area contributed by atoms with Gasteiger partial charge in [0.25, 0.3) is 0 Å². The molecule has 0 fully saturated rings. The summed E-state index contributed by atoms with van der Waals surface area (Å²) in [6, 6.07) is 7.45. The molecule has 1 atom stereocenters. The Morgan fingerprint density at radius 1 is 1.21 bits per heavy atom. The Balaban J connectivity index is 2.38. The monoisotopic (exact) mass is 329 g/mol. The van der Waals surface area contributed by atoms with Gasteiger partial charge in [-0.15, -0.1) is 0 Å². The molecule has 1 heterocycles. The number of hydrogen-bond donors (Lipinski definition) is 0. The summed E-state index contributed by atoms with van der Waals surface area (Å²) in [6.45, 7) is 7.40. The molecule has 1 unspecified atom stereocenters. The minimum absolute atomic E-state index is 0.0580. The highest BCUT2D eigenvalue weighted by Gasteiger charge is 2.29. The van der Waals surface area contributed by atoms with E-state index in [1.165, 1.54) is 0 Å². The number of pyridine rings is 1. The zero-order valence-corrected chi connectivity index (χ0v) is 14.5. The quantitative estimate of drug-likeness (QED) is 0.784. The van der Waals surface area contributed by atoms with Crippen LogP contribution in [0.3, 0.4) is 0 Å². The lowest BCUT2D eigenvalue weighted by atomic mass is 9.91. The fraction of sp³-hybridized carbons (Fsp3) is 0.421. The number of nitrogens with zero attached hydrogens (tertiary/aromatic N) is 1. The maximum atomic E-state index is 12.4. The van der Waals surface area contributed by atoms with Gasteiger partial charge in [-0.1, -0.05) is 18.2 Å². The number of aromatic nitrogens is 1. The van der Waals surface area contributed by atoms with E-state index in [9.17, 15) is 9.59 Å². The highest BCUT2D eigenvalue weighted by atomic mass is 16.6. The van der Waals surface area contributed by atoms with Crippen LogP contribution in [0.5, 0.6) is 0 Å². The lowest BCUT2D eigenvalue weighted by Gasteiger charge is -2.22. The minimum Gasteiger partial charge on any atom is -0.466 e. The zero-order valence-electron chi connectivity index (χ0n) is 14.5. The highest BCUT2D eigenvalue weighted by molar-refractivity contribution is 5.92. The third kappa shape index (κ3) is 4.54. The van der Waals surface area contributed by atoms with E-state index >= 15 is 0 Å². The Hall–Kier alpha value is -2.43. The Labute approximate surface area is 142 Å². The van der Waals surface area contributed by atoms with Crippen molar-refractivity contribution in [2.24, 2.45) is 0 Å². The van der Waals surface area contributed by atoms with E-state index in [2.05, 4.69) is 4.98 Å². The van der Waals surface area contributed by atoms with Crippen LogP contribution in [0.1, 0.15) is 45.6 Å². The van der Waals surface area contributed by atoms with Crippen molar-refractivity contribution in [2.75, 3.05) is 6.61 Å². The van der Waals surface area contributed by atoms with Crippen LogP contribution in [-0.2, 0) is 19.1 Å². The van der Waals surface area contributed by atoms with Crippen molar-refractivity contribution in [3.05, 3.63) is 42.2 Å². The lowest BCUT2D eigenvalue weighted by molar-refractivity contribution is -0.159. The second-order valence-electron chi connectivity index (χ2n) is 6.54. The molecule has 0 saturated carbocycles. The van der Waals surface area contributed by atoms with Crippen LogP contribution in [0.4, 0.5) is 0 Å². The van der Waals surface area contributed by atoms with Crippen LogP contribution in [0.2, 0.25) is 0 Å². The number of esters is 2. The molecule has 2 aromatic rings. The summed E-state index contributed by atoms with van der Waals surface area (Å²) in [4.78, 5) is 28.8. The van der Waals surface area contributed by atoms with Crippen molar-refractivity contribution >= 4 is 22.7 Å². The molecular weight excluding hydrogens is 306 g/mol. The molecule has 2 rings (SSSR count). The summed E-state index contributed by atoms with van der Waals surface area (Å²) in [5.41, 5.74) is 0.151. The second kappa shape index (κ2) is 7.43. The van der Waals surface area contributed by atoms with E-state index in [0.29, 0.717) is 0 Å². The SMILES string of the molecule is CCOC(=O)C(CC(=O)OC(C)(C)C)c1cccc2cnccc12. The Morgan fingerprint density at radius 2 is 1.96 bits per heavy atom. The predicted octanol–water partition coefficient (Wildman–Crippen LogP) is 3.61. The van der Waals surface area contributed by atoms with Gasteiger partial charge in [0, 0.05) is 17.8 Å². The number of carbonyl (C=O) groups is 2. The van der Waals surface area contributed by atoms with Gasteiger partial charge in [-0.05, 0) is 44.7 Å². The Bertz CT molecular complexity index is 728. The van der Waals surface area contributed by atoms with Crippen LogP contribution < -0.4 is 0 Å². The molecule has 24 heavy (non-hydrogen) atoms. The fourth-order valence-corrected chi connectivity index (χ4v) is 2.56. The number of fused-ring (bicyclic) bond motifs is 1. The number of benzene rings is 1. The van der Waals surface area contributed by atoms with E-state index in [1.807, 2.05) is 24.3 Å². The standard InChI is InChI=1S/C19H23NO4/c1-5-23-18(22)16(11-17(21)24-19(2,3)4)15-8-6-7-13-12-20-10-9-14(13)15/h6-10,12,16H,5,11H2,1-4H3. The average Bonchev–Trinajstić information content (AvgIpc) is 2.50. The summed E-state index contributed by atoms with van der Waals surface area (Å²) in [5, 5.41) is 1.79. The maximum absolute atomic E-state index is 12.4. The number of rotatable bonds is 5. The van der Waals surface area contributed by atoms with E-state index in [4.69, 9.17) is 9.47 Å². The van der Waals surface area contributed by atoms with Crippen LogP contribution >= 0.6 is 0 Å². The van der Waals surface area contributed by atoms with Crippen molar-refractivity contribution in [3.8, 4) is 0 Å². The van der Waals surface area contributed by atoms with Crippen molar-refractivity contribution in [1.82, 2.24) is 4.98 Å². The van der Waals surface area contributed by atoms with Crippen molar-refractivity contribution in [2.45, 2.75) is 45.6 Å². The van der Waals surface area contributed by atoms with E-state index < -0.39 is 23.5 Å². The predicted molar refractivity (Wildman–Crippen MR) is 91.6 cm³/mol. The second-order valence-corrected chi connectivity index (χ2v) is 6.54. The van der Waals surface area contributed by atoms with Gasteiger partial charge in [0.15, 0.2) is 0 Å². The van der Waals surface area contributed by atoms with Gasteiger partial charge >= 0.3 is 11.9 Å². The summed E-state index contributed by atoms with van der Waals surface area (Å²) in [7, 11) is 0. The summed E-state index contributed by atoms with van der Waals surface area (Å²) >= 11 is 0. The van der Waals surface area contributed by atoms with Gasteiger partial charge < -0.3 is 9.47 Å². The molecule has 0 spiro atoms. The Morgan fingerprint density at radius 3 is 2.62 bits per heavy atom. The van der Waals surface area contributed by atoms with Crippen LogP contribution in [-0.4, -0.2) is 29.1 Å². The first-order chi connectivity index (χ1) is 11.3. The topological polar surface area (TPSA) is 65.5 Å². The molecular formula is C19H23NO4. The third-order valence-electron chi connectivity index (χ3n) is 3.45. The molecule has 0 aliphatic carbocycles. The number of ether oxygens (including phenoxy) is 2. The molecule has 0 aliphatic rings. The molecule has 128 valence electrons.